The van der Waals surface area contributed by atoms with Crippen LogP contribution >= 0.6 is 11.6 Å². The predicted molar refractivity (Wildman–Crippen MR) is 104 cm³/mol. The summed E-state index contributed by atoms with van der Waals surface area (Å²) >= 11 is 6.98. The van der Waals surface area contributed by atoms with Gasteiger partial charge < -0.3 is 5.32 Å². The molecule has 3 heteroatoms. The Bertz CT molecular complexity index is 593. The zero-order valence-corrected chi connectivity index (χ0v) is 17.0. The molecule has 8 saturated carbocycles. The van der Waals surface area contributed by atoms with Crippen molar-refractivity contribution in [3.63, 3.8) is 0 Å². The lowest BCUT2D eigenvalue weighted by atomic mass is 9.47. The van der Waals surface area contributed by atoms with Crippen LogP contribution in [0.4, 0.5) is 0 Å². The van der Waals surface area contributed by atoms with Gasteiger partial charge in [0.25, 0.3) is 0 Å². The van der Waals surface area contributed by atoms with E-state index in [-0.39, 0.29) is 10.3 Å². The lowest BCUT2D eigenvalue weighted by Crippen LogP contribution is -2.62. The highest BCUT2D eigenvalue weighted by Crippen LogP contribution is 2.65. The van der Waals surface area contributed by atoms with E-state index in [1.54, 1.807) is 0 Å². The summed E-state index contributed by atoms with van der Waals surface area (Å²) in [4.78, 5) is 13.5. The number of hydrogen-bond acceptors (Lipinski definition) is 1. The number of hydrogen-bond donors (Lipinski definition) is 1. The number of amides is 1. The zero-order valence-electron chi connectivity index (χ0n) is 16.2. The Hall–Kier alpha value is -0.240. The van der Waals surface area contributed by atoms with Crippen LogP contribution in [0.2, 0.25) is 0 Å². The normalized spacial score (nSPS) is 57.4. The highest BCUT2D eigenvalue weighted by atomic mass is 35.5. The van der Waals surface area contributed by atoms with Crippen LogP contribution in [-0.2, 0) is 4.79 Å². The standard InChI is InChI=1S/C23H34ClNO/c1-14(21-6-15-2-16(7-21)4-17(3-15)8-21)25-20(26)22-9-18-5-19(10-22)12-23(24,11-18)13-22/h14-19H,2-13H2,1H3,(H,25,26)/t14-,15?,16?,17?,18-,19+,21?,22?,23?/m1/s1. The molecule has 0 saturated heterocycles. The van der Waals surface area contributed by atoms with E-state index in [1.807, 2.05) is 0 Å². The van der Waals surface area contributed by atoms with Gasteiger partial charge >= 0.3 is 0 Å². The smallest absolute Gasteiger partial charge is 0.226 e. The Balaban J connectivity index is 1.22. The molecule has 8 rings (SSSR count). The van der Waals surface area contributed by atoms with Crippen molar-refractivity contribution >= 4 is 17.5 Å². The molecule has 0 radical (unpaired) electrons. The van der Waals surface area contributed by atoms with Gasteiger partial charge in [-0.05, 0) is 119 Å². The molecule has 8 bridgehead atoms. The molecule has 8 aliphatic rings. The van der Waals surface area contributed by atoms with E-state index in [4.69, 9.17) is 11.6 Å². The summed E-state index contributed by atoms with van der Waals surface area (Å²) < 4.78 is 0. The SMILES string of the molecule is C[C@@H](NC(=O)C12C[C@@H]3C[C@@H](CC(Cl)(C3)C1)C2)C12CC3CC(CC(C3)C1)C2. The van der Waals surface area contributed by atoms with E-state index in [1.165, 1.54) is 44.9 Å². The maximum absolute atomic E-state index is 13.6. The molecular formula is C23H34ClNO. The fourth-order valence-corrected chi connectivity index (χ4v) is 10.3. The van der Waals surface area contributed by atoms with Gasteiger partial charge in [-0.3, -0.25) is 4.79 Å². The summed E-state index contributed by atoms with van der Waals surface area (Å²) in [6.45, 7) is 2.34. The van der Waals surface area contributed by atoms with Crippen LogP contribution in [0, 0.1) is 40.4 Å². The van der Waals surface area contributed by atoms with Crippen LogP contribution in [0.15, 0.2) is 0 Å². The predicted octanol–water partition coefficient (Wildman–Crippen LogP) is 5.29. The van der Waals surface area contributed by atoms with E-state index in [2.05, 4.69) is 12.2 Å². The lowest BCUT2D eigenvalue weighted by Gasteiger charge is -2.61. The van der Waals surface area contributed by atoms with Crippen molar-refractivity contribution in [2.75, 3.05) is 0 Å². The highest BCUT2D eigenvalue weighted by Gasteiger charge is 2.61. The van der Waals surface area contributed by atoms with Crippen molar-refractivity contribution in [2.45, 2.75) is 94.9 Å². The molecule has 0 aromatic rings. The van der Waals surface area contributed by atoms with Gasteiger partial charge in [-0.1, -0.05) is 0 Å². The number of nitrogens with one attached hydrogen (secondary N) is 1. The van der Waals surface area contributed by atoms with Crippen LogP contribution < -0.4 is 5.32 Å². The summed E-state index contributed by atoms with van der Waals surface area (Å²) in [7, 11) is 0. The highest BCUT2D eigenvalue weighted by molar-refractivity contribution is 6.24. The first-order valence-electron chi connectivity index (χ1n) is 11.4. The Morgan fingerprint density at radius 2 is 1.35 bits per heavy atom. The van der Waals surface area contributed by atoms with Gasteiger partial charge in [0.05, 0.1) is 5.41 Å². The molecule has 8 aliphatic carbocycles. The minimum absolute atomic E-state index is 0.0641. The maximum Gasteiger partial charge on any atom is 0.226 e. The summed E-state index contributed by atoms with van der Waals surface area (Å²) in [6.07, 6.45) is 15.3. The van der Waals surface area contributed by atoms with Gasteiger partial charge in [-0.2, -0.15) is 0 Å². The third-order valence-electron chi connectivity index (χ3n) is 9.82. The third kappa shape index (κ3) is 2.32. The first kappa shape index (κ1) is 16.7. The Morgan fingerprint density at radius 1 is 0.846 bits per heavy atom. The molecule has 2 nitrogen and oxygen atoms in total. The van der Waals surface area contributed by atoms with Crippen molar-refractivity contribution in [1.82, 2.24) is 5.32 Å². The van der Waals surface area contributed by atoms with Gasteiger partial charge in [-0.25, -0.2) is 0 Å². The molecule has 0 heterocycles. The molecule has 0 aromatic carbocycles. The van der Waals surface area contributed by atoms with Gasteiger partial charge in [0.2, 0.25) is 5.91 Å². The number of carbonyl (C=O) groups excluding carboxylic acids is 1. The second kappa shape index (κ2) is 5.22. The van der Waals surface area contributed by atoms with E-state index in [0.29, 0.717) is 29.2 Å². The summed E-state index contributed by atoms with van der Waals surface area (Å²) in [5.41, 5.74) is 0.272. The minimum Gasteiger partial charge on any atom is -0.353 e. The quantitative estimate of drug-likeness (QED) is 0.667. The summed E-state index contributed by atoms with van der Waals surface area (Å²) in [5.74, 6) is 4.63. The van der Waals surface area contributed by atoms with Crippen LogP contribution in [0.25, 0.3) is 0 Å². The fraction of sp³-hybridized carbons (Fsp3) is 0.957. The van der Waals surface area contributed by atoms with E-state index in [0.717, 1.165) is 49.9 Å². The van der Waals surface area contributed by atoms with Crippen LogP contribution in [-0.4, -0.2) is 16.8 Å². The first-order chi connectivity index (χ1) is 12.4. The zero-order chi connectivity index (χ0) is 17.7. The molecule has 8 fully saturated rings. The van der Waals surface area contributed by atoms with Gasteiger partial charge in [0, 0.05) is 10.9 Å². The largest absolute Gasteiger partial charge is 0.353 e. The topological polar surface area (TPSA) is 29.1 Å². The first-order valence-corrected chi connectivity index (χ1v) is 11.7. The second-order valence-corrected chi connectivity index (χ2v) is 12.7. The van der Waals surface area contributed by atoms with Crippen molar-refractivity contribution in [1.29, 1.82) is 0 Å². The van der Waals surface area contributed by atoms with Crippen LogP contribution in [0.5, 0.6) is 0 Å². The Labute approximate surface area is 163 Å². The van der Waals surface area contributed by atoms with Crippen molar-refractivity contribution in [3.8, 4) is 0 Å². The molecule has 1 N–H and O–H groups in total. The number of rotatable bonds is 3. The van der Waals surface area contributed by atoms with E-state index < -0.39 is 0 Å². The van der Waals surface area contributed by atoms with Gasteiger partial charge in [0.1, 0.15) is 0 Å². The molecule has 5 atom stereocenters. The molecule has 2 unspecified atom stereocenters. The lowest BCUT2D eigenvalue weighted by molar-refractivity contribution is -0.148. The summed E-state index contributed by atoms with van der Waals surface area (Å²) in [5, 5.41) is 3.61. The average molecular weight is 376 g/mol. The molecule has 0 aromatic heterocycles. The monoisotopic (exact) mass is 375 g/mol. The average Bonchev–Trinajstić information content (AvgIpc) is 2.51. The molecular weight excluding hydrogens is 342 g/mol. The molecule has 0 aliphatic heterocycles. The molecule has 26 heavy (non-hydrogen) atoms. The third-order valence-corrected chi connectivity index (χ3v) is 10.3. The Kier molecular flexibility index (Phi) is 3.35. The van der Waals surface area contributed by atoms with E-state index >= 15 is 0 Å². The maximum atomic E-state index is 13.6. The second-order valence-electron chi connectivity index (χ2n) is 11.9. The van der Waals surface area contributed by atoms with Crippen molar-refractivity contribution in [2.24, 2.45) is 40.4 Å². The molecule has 0 spiro atoms. The summed E-state index contributed by atoms with van der Waals surface area (Å²) in [6, 6.07) is 0.350. The van der Waals surface area contributed by atoms with Gasteiger partial charge in [0.15, 0.2) is 0 Å². The minimum atomic E-state index is -0.137. The molecule has 1 amide bonds. The van der Waals surface area contributed by atoms with Crippen molar-refractivity contribution < 1.29 is 4.79 Å². The van der Waals surface area contributed by atoms with Crippen LogP contribution in [0.1, 0.15) is 84.0 Å². The Morgan fingerprint density at radius 3 is 1.85 bits per heavy atom. The molecule has 144 valence electrons. The van der Waals surface area contributed by atoms with E-state index in [9.17, 15) is 4.79 Å². The fourth-order valence-electron chi connectivity index (χ4n) is 9.63. The number of alkyl halides is 1. The number of carbonyl (C=O) groups is 1. The van der Waals surface area contributed by atoms with Crippen LogP contribution in [0.3, 0.4) is 0 Å². The van der Waals surface area contributed by atoms with Gasteiger partial charge in [-0.15, -0.1) is 11.6 Å². The number of halogens is 1. The van der Waals surface area contributed by atoms with Crippen molar-refractivity contribution in [3.05, 3.63) is 0 Å².